The fourth-order valence-electron chi connectivity index (χ4n) is 2.33. The standard InChI is InChI=1S/C17H16BrN5O3/c1-25-14-6-10(13(18)7-15(14)26-2)5-11(8-19)16-12(9-20)17(21)23(22-16)3-4-24/h5-7,24H,3-4,21H2,1-2H3/b11-5+. The number of hydrogen-bond donors (Lipinski definition) is 2. The third-order valence-electron chi connectivity index (χ3n) is 3.59. The highest BCUT2D eigenvalue weighted by molar-refractivity contribution is 9.10. The summed E-state index contributed by atoms with van der Waals surface area (Å²) in [6.45, 7) is -0.0672. The highest BCUT2D eigenvalue weighted by atomic mass is 79.9. The maximum Gasteiger partial charge on any atom is 0.161 e. The summed E-state index contributed by atoms with van der Waals surface area (Å²) in [5, 5.41) is 32.2. The SMILES string of the molecule is COc1cc(Br)c(/C=C(\C#N)c2nn(CCO)c(N)c2C#N)cc1OC. The Morgan fingerprint density at radius 1 is 1.35 bits per heavy atom. The molecule has 0 amide bonds. The summed E-state index contributed by atoms with van der Waals surface area (Å²) >= 11 is 3.42. The molecule has 0 atom stereocenters. The molecule has 3 N–H and O–H groups in total. The van der Waals surface area contributed by atoms with Gasteiger partial charge in [-0.15, -0.1) is 0 Å². The number of nitriles is 2. The van der Waals surface area contributed by atoms with Crippen molar-refractivity contribution in [3.8, 4) is 23.6 Å². The number of aromatic nitrogens is 2. The Kier molecular flexibility index (Phi) is 6.23. The van der Waals surface area contributed by atoms with Crippen LogP contribution in [0.15, 0.2) is 16.6 Å². The van der Waals surface area contributed by atoms with Gasteiger partial charge in [-0.05, 0) is 23.8 Å². The zero-order valence-corrected chi connectivity index (χ0v) is 15.7. The lowest BCUT2D eigenvalue weighted by Gasteiger charge is -2.10. The molecule has 134 valence electrons. The van der Waals surface area contributed by atoms with Crippen molar-refractivity contribution in [2.24, 2.45) is 0 Å². The Hall–Kier alpha value is -3.01. The zero-order chi connectivity index (χ0) is 19.3. The molecule has 0 saturated heterocycles. The number of nitrogens with two attached hydrogens (primary N) is 1. The Morgan fingerprint density at radius 3 is 2.54 bits per heavy atom. The lowest BCUT2D eigenvalue weighted by Crippen LogP contribution is -2.07. The molecular weight excluding hydrogens is 402 g/mol. The highest BCUT2D eigenvalue weighted by Crippen LogP contribution is 2.35. The van der Waals surface area contributed by atoms with Crippen molar-refractivity contribution in [1.29, 1.82) is 10.5 Å². The van der Waals surface area contributed by atoms with Gasteiger partial charge in [0.2, 0.25) is 0 Å². The van der Waals surface area contributed by atoms with E-state index in [9.17, 15) is 10.5 Å². The van der Waals surface area contributed by atoms with Gasteiger partial charge < -0.3 is 20.3 Å². The van der Waals surface area contributed by atoms with E-state index in [1.807, 2.05) is 12.1 Å². The average Bonchev–Trinajstić information content (AvgIpc) is 2.96. The molecule has 1 heterocycles. The predicted octanol–water partition coefficient (Wildman–Crippen LogP) is 2.17. The second kappa shape index (κ2) is 8.39. The number of rotatable bonds is 6. The summed E-state index contributed by atoms with van der Waals surface area (Å²) in [4.78, 5) is 0. The van der Waals surface area contributed by atoms with Crippen LogP contribution in [-0.4, -0.2) is 35.7 Å². The predicted molar refractivity (Wildman–Crippen MR) is 99.2 cm³/mol. The van der Waals surface area contributed by atoms with Crippen molar-refractivity contribution in [1.82, 2.24) is 9.78 Å². The van der Waals surface area contributed by atoms with Crippen LogP contribution in [0.1, 0.15) is 16.8 Å². The van der Waals surface area contributed by atoms with Gasteiger partial charge in [0.05, 0.1) is 32.9 Å². The summed E-state index contributed by atoms with van der Waals surface area (Å²) < 4.78 is 12.5. The number of halogens is 1. The molecule has 0 bridgehead atoms. The number of anilines is 1. The molecule has 0 radical (unpaired) electrons. The van der Waals surface area contributed by atoms with Crippen molar-refractivity contribution in [2.75, 3.05) is 26.6 Å². The van der Waals surface area contributed by atoms with Gasteiger partial charge in [0, 0.05) is 4.47 Å². The number of ether oxygens (including phenoxy) is 2. The fraction of sp³-hybridized carbons (Fsp3) is 0.235. The van der Waals surface area contributed by atoms with Gasteiger partial charge in [0.15, 0.2) is 11.5 Å². The highest BCUT2D eigenvalue weighted by Gasteiger charge is 2.19. The van der Waals surface area contributed by atoms with Crippen LogP contribution in [0.3, 0.4) is 0 Å². The number of aliphatic hydroxyl groups is 1. The minimum Gasteiger partial charge on any atom is -0.493 e. The number of aliphatic hydroxyl groups excluding tert-OH is 1. The van der Waals surface area contributed by atoms with Crippen molar-refractivity contribution < 1.29 is 14.6 Å². The first-order chi connectivity index (χ1) is 12.5. The molecule has 2 aromatic rings. The van der Waals surface area contributed by atoms with Gasteiger partial charge in [0.1, 0.15) is 29.2 Å². The van der Waals surface area contributed by atoms with Gasteiger partial charge in [0.25, 0.3) is 0 Å². The van der Waals surface area contributed by atoms with Crippen LogP contribution < -0.4 is 15.2 Å². The van der Waals surface area contributed by atoms with Gasteiger partial charge in [-0.2, -0.15) is 15.6 Å². The van der Waals surface area contributed by atoms with E-state index in [0.717, 1.165) is 0 Å². The monoisotopic (exact) mass is 417 g/mol. The first kappa shape index (κ1) is 19.3. The largest absolute Gasteiger partial charge is 0.493 e. The van der Waals surface area contributed by atoms with Crippen LogP contribution in [0.25, 0.3) is 11.6 Å². The average molecular weight is 418 g/mol. The minimum absolute atomic E-state index is 0.0860. The van der Waals surface area contributed by atoms with E-state index in [1.54, 1.807) is 18.2 Å². The fourth-order valence-corrected chi connectivity index (χ4v) is 2.77. The second-order valence-corrected chi connectivity index (χ2v) is 5.92. The normalized spacial score (nSPS) is 10.9. The quantitative estimate of drug-likeness (QED) is 0.688. The molecule has 26 heavy (non-hydrogen) atoms. The molecule has 9 heteroatoms. The van der Waals surface area contributed by atoms with E-state index in [-0.39, 0.29) is 35.8 Å². The van der Waals surface area contributed by atoms with E-state index in [4.69, 9.17) is 20.3 Å². The number of nitrogen functional groups attached to an aromatic ring is 1. The van der Waals surface area contributed by atoms with E-state index < -0.39 is 0 Å². The summed E-state index contributed by atoms with van der Waals surface area (Å²) in [6, 6.07) is 7.41. The Balaban J connectivity index is 2.62. The van der Waals surface area contributed by atoms with E-state index in [1.165, 1.54) is 18.9 Å². The van der Waals surface area contributed by atoms with Crippen LogP contribution in [0, 0.1) is 22.7 Å². The van der Waals surface area contributed by atoms with Crippen molar-refractivity contribution in [3.63, 3.8) is 0 Å². The van der Waals surface area contributed by atoms with Gasteiger partial charge in [-0.3, -0.25) is 0 Å². The third-order valence-corrected chi connectivity index (χ3v) is 4.28. The van der Waals surface area contributed by atoms with Crippen molar-refractivity contribution in [3.05, 3.63) is 33.4 Å². The number of allylic oxidation sites excluding steroid dienone is 1. The number of nitrogens with zero attached hydrogens (tertiary/aromatic N) is 4. The van der Waals surface area contributed by atoms with E-state index in [0.29, 0.717) is 21.5 Å². The molecule has 8 nitrogen and oxygen atoms in total. The van der Waals surface area contributed by atoms with Crippen LogP contribution >= 0.6 is 15.9 Å². The number of hydrogen-bond acceptors (Lipinski definition) is 7. The van der Waals surface area contributed by atoms with Crippen LogP contribution in [-0.2, 0) is 6.54 Å². The lowest BCUT2D eigenvalue weighted by molar-refractivity contribution is 0.270. The summed E-state index contributed by atoms with van der Waals surface area (Å²) in [7, 11) is 3.03. The number of methoxy groups -OCH3 is 2. The summed E-state index contributed by atoms with van der Waals surface area (Å²) in [5.41, 5.74) is 6.91. The van der Waals surface area contributed by atoms with E-state index in [2.05, 4.69) is 21.0 Å². The van der Waals surface area contributed by atoms with Gasteiger partial charge in [-0.25, -0.2) is 4.68 Å². The first-order valence-corrected chi connectivity index (χ1v) is 8.20. The Bertz CT molecular complexity index is 937. The second-order valence-electron chi connectivity index (χ2n) is 5.07. The molecular formula is C17H16BrN5O3. The van der Waals surface area contributed by atoms with Crippen molar-refractivity contribution in [2.45, 2.75) is 6.54 Å². The molecule has 0 aliphatic rings. The molecule has 0 spiro atoms. The molecule has 0 unspecified atom stereocenters. The van der Waals surface area contributed by atoms with Crippen LogP contribution in [0.5, 0.6) is 11.5 Å². The maximum absolute atomic E-state index is 9.57. The number of benzene rings is 1. The molecule has 1 aromatic heterocycles. The minimum atomic E-state index is -0.191. The lowest BCUT2D eigenvalue weighted by atomic mass is 10.1. The molecule has 0 saturated carbocycles. The van der Waals surface area contributed by atoms with E-state index >= 15 is 0 Å². The van der Waals surface area contributed by atoms with Crippen LogP contribution in [0.2, 0.25) is 0 Å². The topological polar surface area (TPSA) is 130 Å². The molecule has 0 fully saturated rings. The Morgan fingerprint density at radius 2 is 2.00 bits per heavy atom. The van der Waals surface area contributed by atoms with Gasteiger partial charge in [-0.1, -0.05) is 15.9 Å². The van der Waals surface area contributed by atoms with Crippen LogP contribution in [0.4, 0.5) is 5.82 Å². The smallest absolute Gasteiger partial charge is 0.161 e. The maximum atomic E-state index is 9.57. The molecule has 0 aliphatic heterocycles. The molecule has 1 aromatic carbocycles. The summed E-state index contributed by atoms with van der Waals surface area (Å²) in [5.74, 6) is 1.12. The van der Waals surface area contributed by atoms with Gasteiger partial charge >= 0.3 is 0 Å². The first-order valence-electron chi connectivity index (χ1n) is 7.41. The molecule has 0 aliphatic carbocycles. The zero-order valence-electron chi connectivity index (χ0n) is 14.2. The van der Waals surface area contributed by atoms with Crippen molar-refractivity contribution >= 4 is 33.4 Å². The molecule has 2 rings (SSSR count). The summed E-state index contributed by atoms with van der Waals surface area (Å²) in [6.07, 6.45) is 1.57. The Labute approximate surface area is 158 Å². The third kappa shape index (κ3) is 3.64.